The third-order valence-electron chi connectivity index (χ3n) is 3.42. The SMILES string of the molecule is O=C(c1ccnc(F)c1)N1CCC[C@H]1c1ccsc1. The summed E-state index contributed by atoms with van der Waals surface area (Å²) in [5.41, 5.74) is 1.54. The number of aromatic nitrogens is 1. The molecule has 3 nitrogen and oxygen atoms in total. The second-order valence-electron chi connectivity index (χ2n) is 4.58. The first-order chi connectivity index (χ1) is 9.25. The number of hydrogen-bond acceptors (Lipinski definition) is 3. The molecule has 0 N–H and O–H groups in total. The van der Waals surface area contributed by atoms with Crippen LogP contribution in [-0.2, 0) is 0 Å². The predicted molar refractivity (Wildman–Crippen MR) is 71.5 cm³/mol. The summed E-state index contributed by atoms with van der Waals surface area (Å²) in [6, 6.07) is 4.93. The minimum absolute atomic E-state index is 0.116. The van der Waals surface area contributed by atoms with Crippen molar-refractivity contribution >= 4 is 17.2 Å². The Morgan fingerprint density at radius 3 is 3.11 bits per heavy atom. The zero-order valence-corrected chi connectivity index (χ0v) is 11.1. The van der Waals surface area contributed by atoms with Gasteiger partial charge < -0.3 is 4.90 Å². The molecule has 1 saturated heterocycles. The Morgan fingerprint density at radius 1 is 1.47 bits per heavy atom. The molecule has 3 heterocycles. The summed E-state index contributed by atoms with van der Waals surface area (Å²) in [6.45, 7) is 0.725. The second kappa shape index (κ2) is 5.09. The Kier molecular flexibility index (Phi) is 3.29. The number of halogens is 1. The summed E-state index contributed by atoms with van der Waals surface area (Å²) in [5.74, 6) is -0.730. The van der Waals surface area contributed by atoms with E-state index < -0.39 is 5.95 Å². The van der Waals surface area contributed by atoms with Gasteiger partial charge in [0.1, 0.15) is 0 Å². The highest BCUT2D eigenvalue weighted by Crippen LogP contribution is 2.34. The van der Waals surface area contributed by atoms with E-state index in [1.54, 1.807) is 17.4 Å². The van der Waals surface area contributed by atoms with Crippen LogP contribution in [0.5, 0.6) is 0 Å². The fraction of sp³-hybridized carbons (Fsp3) is 0.286. The van der Waals surface area contributed by atoms with Gasteiger partial charge in [-0.1, -0.05) is 0 Å². The maximum absolute atomic E-state index is 13.1. The van der Waals surface area contributed by atoms with Crippen LogP contribution in [0.2, 0.25) is 0 Å². The Hall–Kier alpha value is -1.75. The molecular formula is C14H13FN2OS. The zero-order chi connectivity index (χ0) is 13.2. The van der Waals surface area contributed by atoms with E-state index in [0.717, 1.165) is 19.4 Å². The van der Waals surface area contributed by atoms with Crippen molar-refractivity contribution in [2.24, 2.45) is 0 Å². The second-order valence-corrected chi connectivity index (χ2v) is 5.36. The van der Waals surface area contributed by atoms with Crippen LogP contribution in [0.25, 0.3) is 0 Å². The molecular weight excluding hydrogens is 263 g/mol. The number of thiophene rings is 1. The summed E-state index contributed by atoms with van der Waals surface area (Å²) in [5, 5.41) is 4.09. The Morgan fingerprint density at radius 2 is 2.37 bits per heavy atom. The van der Waals surface area contributed by atoms with E-state index >= 15 is 0 Å². The summed E-state index contributed by atoms with van der Waals surface area (Å²) in [4.78, 5) is 17.8. The summed E-state index contributed by atoms with van der Waals surface area (Å²) in [7, 11) is 0. The number of pyridine rings is 1. The van der Waals surface area contributed by atoms with Gasteiger partial charge >= 0.3 is 0 Å². The van der Waals surface area contributed by atoms with Gasteiger partial charge in [-0.25, -0.2) is 4.98 Å². The van der Waals surface area contributed by atoms with Crippen LogP contribution in [0.15, 0.2) is 35.2 Å². The van der Waals surface area contributed by atoms with Crippen LogP contribution in [0.1, 0.15) is 34.8 Å². The van der Waals surface area contributed by atoms with Crippen LogP contribution in [-0.4, -0.2) is 22.3 Å². The van der Waals surface area contributed by atoms with E-state index in [1.165, 1.54) is 17.8 Å². The molecule has 0 radical (unpaired) electrons. The lowest BCUT2D eigenvalue weighted by molar-refractivity contribution is 0.0735. The number of hydrogen-bond donors (Lipinski definition) is 0. The van der Waals surface area contributed by atoms with Crippen LogP contribution in [0, 0.1) is 5.95 Å². The maximum Gasteiger partial charge on any atom is 0.254 e. The molecule has 98 valence electrons. The molecule has 1 aliphatic heterocycles. The summed E-state index contributed by atoms with van der Waals surface area (Å²) < 4.78 is 13.1. The van der Waals surface area contributed by atoms with Crippen molar-refractivity contribution in [3.8, 4) is 0 Å². The number of nitrogens with zero attached hydrogens (tertiary/aromatic N) is 2. The molecule has 0 bridgehead atoms. The van der Waals surface area contributed by atoms with Crippen LogP contribution >= 0.6 is 11.3 Å². The fourth-order valence-corrected chi connectivity index (χ4v) is 3.23. The average molecular weight is 276 g/mol. The Balaban J connectivity index is 1.87. The lowest BCUT2D eigenvalue weighted by Crippen LogP contribution is -2.30. The van der Waals surface area contributed by atoms with Gasteiger partial charge in [0, 0.05) is 24.4 Å². The number of amides is 1. The molecule has 1 fully saturated rings. The topological polar surface area (TPSA) is 33.2 Å². The minimum Gasteiger partial charge on any atom is -0.332 e. The van der Waals surface area contributed by atoms with Crippen LogP contribution in [0.4, 0.5) is 4.39 Å². The number of carbonyl (C=O) groups excluding carboxylic acids is 1. The van der Waals surface area contributed by atoms with Gasteiger partial charge in [0.15, 0.2) is 0 Å². The normalized spacial score (nSPS) is 18.8. The first kappa shape index (κ1) is 12.3. The monoisotopic (exact) mass is 276 g/mol. The molecule has 1 atom stereocenters. The van der Waals surface area contributed by atoms with Gasteiger partial charge in [0.25, 0.3) is 5.91 Å². The molecule has 2 aromatic heterocycles. The van der Waals surface area contributed by atoms with Crippen LogP contribution < -0.4 is 0 Å². The Bertz CT molecular complexity index is 585. The summed E-state index contributed by atoms with van der Waals surface area (Å²) >= 11 is 1.63. The van der Waals surface area contributed by atoms with Gasteiger partial charge in [0.05, 0.1) is 6.04 Å². The molecule has 1 amide bonds. The highest BCUT2D eigenvalue weighted by atomic mass is 32.1. The number of carbonyl (C=O) groups is 1. The summed E-state index contributed by atoms with van der Waals surface area (Å²) in [6.07, 6.45) is 3.29. The third-order valence-corrected chi connectivity index (χ3v) is 4.12. The molecule has 19 heavy (non-hydrogen) atoms. The van der Waals surface area contributed by atoms with Gasteiger partial charge in [-0.3, -0.25) is 4.79 Å². The quantitative estimate of drug-likeness (QED) is 0.789. The van der Waals surface area contributed by atoms with E-state index in [4.69, 9.17) is 0 Å². The van der Waals surface area contributed by atoms with Crippen molar-refractivity contribution in [3.63, 3.8) is 0 Å². The van der Waals surface area contributed by atoms with E-state index in [9.17, 15) is 9.18 Å². The lowest BCUT2D eigenvalue weighted by atomic mass is 10.1. The predicted octanol–water partition coefficient (Wildman–Crippen LogP) is 3.26. The van der Waals surface area contributed by atoms with Gasteiger partial charge in [-0.15, -0.1) is 0 Å². The first-order valence-corrected chi connectivity index (χ1v) is 7.14. The van der Waals surface area contributed by atoms with E-state index in [-0.39, 0.29) is 11.9 Å². The van der Waals surface area contributed by atoms with E-state index in [0.29, 0.717) is 5.56 Å². The van der Waals surface area contributed by atoms with Crippen molar-refractivity contribution in [1.29, 1.82) is 0 Å². The number of rotatable bonds is 2. The van der Waals surface area contributed by atoms with E-state index in [1.807, 2.05) is 16.3 Å². The molecule has 0 spiro atoms. The molecule has 0 unspecified atom stereocenters. The molecule has 0 saturated carbocycles. The van der Waals surface area contributed by atoms with Crippen molar-refractivity contribution in [2.45, 2.75) is 18.9 Å². The fourth-order valence-electron chi connectivity index (χ4n) is 2.52. The molecule has 5 heteroatoms. The highest BCUT2D eigenvalue weighted by molar-refractivity contribution is 7.07. The largest absolute Gasteiger partial charge is 0.332 e. The first-order valence-electron chi connectivity index (χ1n) is 6.20. The third kappa shape index (κ3) is 2.38. The van der Waals surface area contributed by atoms with Crippen molar-refractivity contribution < 1.29 is 9.18 Å². The minimum atomic E-state index is -0.614. The van der Waals surface area contributed by atoms with Crippen molar-refractivity contribution in [1.82, 2.24) is 9.88 Å². The Labute approximate surface area is 114 Å². The van der Waals surface area contributed by atoms with Gasteiger partial charge in [-0.2, -0.15) is 15.7 Å². The van der Waals surface area contributed by atoms with Crippen LogP contribution in [0.3, 0.4) is 0 Å². The smallest absolute Gasteiger partial charge is 0.254 e. The number of likely N-dealkylation sites (tertiary alicyclic amines) is 1. The van der Waals surface area contributed by atoms with E-state index in [2.05, 4.69) is 10.4 Å². The standard InChI is InChI=1S/C14H13FN2OS/c15-13-8-10(3-5-16-13)14(18)17-6-1-2-12(17)11-4-7-19-9-11/h3-5,7-9,12H,1-2,6H2/t12-/m0/s1. The van der Waals surface area contributed by atoms with Crippen molar-refractivity contribution in [3.05, 3.63) is 52.2 Å². The molecule has 3 rings (SSSR count). The lowest BCUT2D eigenvalue weighted by Gasteiger charge is -2.24. The zero-order valence-electron chi connectivity index (χ0n) is 10.3. The molecule has 2 aromatic rings. The average Bonchev–Trinajstić information content (AvgIpc) is 3.08. The molecule has 0 aliphatic carbocycles. The molecule has 0 aromatic carbocycles. The maximum atomic E-state index is 13.1. The van der Waals surface area contributed by atoms with Crippen molar-refractivity contribution in [2.75, 3.05) is 6.54 Å². The van der Waals surface area contributed by atoms with Gasteiger partial charge in [-0.05, 0) is 41.3 Å². The highest BCUT2D eigenvalue weighted by Gasteiger charge is 2.30. The molecule has 1 aliphatic rings. The van der Waals surface area contributed by atoms with Gasteiger partial charge in [0.2, 0.25) is 5.95 Å².